The predicted octanol–water partition coefficient (Wildman–Crippen LogP) is 6.91. The molecule has 4 nitrogen and oxygen atoms in total. The van der Waals surface area contributed by atoms with E-state index in [0.29, 0.717) is 5.75 Å². The van der Waals surface area contributed by atoms with Crippen molar-refractivity contribution in [1.82, 2.24) is 9.80 Å². The zero-order valence-corrected chi connectivity index (χ0v) is 22.1. The normalized spacial score (nSPS) is 14.8. The molecule has 0 unspecified atom stereocenters. The van der Waals surface area contributed by atoms with E-state index >= 15 is 0 Å². The maximum Gasteiger partial charge on any atom is 0.123 e. The van der Waals surface area contributed by atoms with Crippen LogP contribution >= 0.6 is 32.9 Å². The van der Waals surface area contributed by atoms with Crippen molar-refractivity contribution in [3.63, 3.8) is 0 Å². The third kappa shape index (κ3) is 5.50. The number of para-hydroxylation sites is 1. The van der Waals surface area contributed by atoms with Gasteiger partial charge in [0.05, 0.1) is 12.0 Å². The molecular weight excluding hydrogens is 493 g/mol. The zero-order valence-electron chi connectivity index (χ0n) is 19.6. The lowest BCUT2D eigenvalue weighted by atomic mass is 10.0. The number of aromatic hydroxyl groups is 1. The molecule has 0 amide bonds. The maximum absolute atomic E-state index is 10.7. The van der Waals surface area contributed by atoms with Crippen LogP contribution in [0.25, 0.3) is 21.6 Å². The van der Waals surface area contributed by atoms with Crippen LogP contribution in [0.4, 0.5) is 0 Å². The number of phenols is 1. The first kappa shape index (κ1) is 24.2. The Morgan fingerprint density at radius 3 is 2.17 bits per heavy atom. The second kappa shape index (κ2) is 11.0. The summed E-state index contributed by atoms with van der Waals surface area (Å²) in [6, 6.07) is 24.6. The van der Waals surface area contributed by atoms with Crippen LogP contribution in [0.1, 0.15) is 11.1 Å². The lowest BCUT2D eigenvalue weighted by molar-refractivity contribution is 0.120. The third-order valence-corrected chi connectivity index (χ3v) is 9.55. The van der Waals surface area contributed by atoms with Crippen LogP contribution in [0.3, 0.4) is 0 Å². The number of benzene rings is 3. The van der Waals surface area contributed by atoms with Gasteiger partial charge in [-0.2, -0.15) is 0 Å². The summed E-state index contributed by atoms with van der Waals surface area (Å²) in [4.78, 5) is 6.08. The van der Waals surface area contributed by atoms with Crippen LogP contribution in [0.2, 0.25) is 0 Å². The number of rotatable bonds is 7. The highest BCUT2D eigenvalue weighted by Crippen LogP contribution is 2.42. The number of nitrogens with zero attached hydrogens (tertiary/aromatic N) is 2. The van der Waals surface area contributed by atoms with Crippen molar-refractivity contribution in [3.05, 3.63) is 87.7 Å². The molecule has 4 aromatic rings. The summed E-state index contributed by atoms with van der Waals surface area (Å²) >= 11 is 5.72. The lowest BCUT2D eigenvalue weighted by Gasteiger charge is -2.35. The highest BCUT2D eigenvalue weighted by atomic mass is 32.9. The summed E-state index contributed by atoms with van der Waals surface area (Å²) in [7, 11) is 5.09. The molecule has 35 heavy (non-hydrogen) atoms. The Morgan fingerprint density at radius 1 is 0.800 bits per heavy atom. The Bertz CT molecular complexity index is 1340. The number of methoxy groups -OCH3 is 1. The minimum absolute atomic E-state index is 0.344. The molecule has 0 radical (unpaired) electrons. The molecule has 0 atom stereocenters. The van der Waals surface area contributed by atoms with Gasteiger partial charge in [-0.1, -0.05) is 87.5 Å². The van der Waals surface area contributed by atoms with Crippen LogP contribution in [-0.4, -0.2) is 48.2 Å². The Hall–Kier alpha value is -2.55. The first-order chi connectivity index (χ1) is 17.1. The fourth-order valence-corrected chi connectivity index (χ4v) is 7.49. The van der Waals surface area contributed by atoms with Gasteiger partial charge in [0.2, 0.25) is 0 Å². The summed E-state index contributed by atoms with van der Waals surface area (Å²) in [6.07, 6.45) is 0. The number of hydrogen-bond donors (Lipinski definition) is 1. The SMILES string of the molecule is COc1ccccc1CN1CCN(Cc2cc(-c3c(-c4ccccc4)ssc3=S)ccc2O)CC1. The van der Waals surface area contributed by atoms with Gasteiger partial charge in [0.25, 0.3) is 0 Å². The molecule has 1 saturated heterocycles. The van der Waals surface area contributed by atoms with Crippen LogP contribution in [0.15, 0.2) is 72.8 Å². The van der Waals surface area contributed by atoms with Crippen LogP contribution in [0.5, 0.6) is 11.5 Å². The van der Waals surface area contributed by atoms with Crippen molar-refractivity contribution < 1.29 is 9.84 Å². The number of hydrogen-bond acceptors (Lipinski definition) is 7. The van der Waals surface area contributed by atoms with Gasteiger partial charge in [0.15, 0.2) is 0 Å². The van der Waals surface area contributed by atoms with E-state index in [9.17, 15) is 5.11 Å². The van der Waals surface area contributed by atoms with E-state index in [1.165, 1.54) is 16.0 Å². The zero-order chi connectivity index (χ0) is 24.2. The predicted molar refractivity (Wildman–Crippen MR) is 149 cm³/mol. The smallest absolute Gasteiger partial charge is 0.123 e. The van der Waals surface area contributed by atoms with Crippen molar-refractivity contribution in [2.75, 3.05) is 33.3 Å². The fourth-order valence-electron chi connectivity index (χ4n) is 4.58. The first-order valence-electron chi connectivity index (χ1n) is 11.7. The van der Waals surface area contributed by atoms with Gasteiger partial charge in [-0.15, -0.1) is 0 Å². The molecule has 7 heteroatoms. The Kier molecular flexibility index (Phi) is 7.60. The molecule has 1 N–H and O–H groups in total. The molecule has 180 valence electrons. The Morgan fingerprint density at radius 2 is 1.46 bits per heavy atom. The van der Waals surface area contributed by atoms with E-state index in [4.69, 9.17) is 17.0 Å². The second-order valence-corrected chi connectivity index (χ2v) is 11.5. The molecule has 0 aliphatic carbocycles. The molecule has 0 bridgehead atoms. The first-order valence-corrected chi connectivity index (χ1v) is 14.3. The Labute approximate surface area is 219 Å². The molecule has 3 aromatic carbocycles. The molecule has 1 aromatic heterocycles. The number of piperazine rings is 1. The van der Waals surface area contributed by atoms with Crippen molar-refractivity contribution in [2.24, 2.45) is 0 Å². The van der Waals surface area contributed by atoms with Gasteiger partial charge in [0, 0.05) is 56.0 Å². The molecule has 1 aliphatic heterocycles. The average Bonchev–Trinajstić information content (AvgIpc) is 3.28. The van der Waals surface area contributed by atoms with Gasteiger partial charge in [-0.05, 0) is 29.3 Å². The van der Waals surface area contributed by atoms with Gasteiger partial charge in [0.1, 0.15) is 15.3 Å². The highest BCUT2D eigenvalue weighted by Gasteiger charge is 2.20. The van der Waals surface area contributed by atoms with Crippen LogP contribution in [0, 0.1) is 3.82 Å². The van der Waals surface area contributed by atoms with Crippen molar-refractivity contribution in [1.29, 1.82) is 0 Å². The second-order valence-electron chi connectivity index (χ2n) is 8.73. The molecule has 1 aliphatic rings. The molecule has 2 heterocycles. The van der Waals surface area contributed by atoms with E-state index < -0.39 is 0 Å². The van der Waals surface area contributed by atoms with Crippen LogP contribution in [-0.2, 0) is 13.1 Å². The van der Waals surface area contributed by atoms with Crippen molar-refractivity contribution in [3.8, 4) is 33.1 Å². The van der Waals surface area contributed by atoms with Gasteiger partial charge < -0.3 is 9.84 Å². The summed E-state index contributed by atoms with van der Waals surface area (Å²) in [5.41, 5.74) is 5.53. The van der Waals surface area contributed by atoms with Crippen LogP contribution < -0.4 is 4.74 Å². The molecular formula is C28H28N2O2S3. The summed E-state index contributed by atoms with van der Waals surface area (Å²) < 4.78 is 6.41. The lowest BCUT2D eigenvalue weighted by Crippen LogP contribution is -2.45. The molecule has 0 saturated carbocycles. The minimum atomic E-state index is 0.344. The molecule has 0 spiro atoms. The third-order valence-electron chi connectivity index (χ3n) is 6.48. The summed E-state index contributed by atoms with van der Waals surface area (Å²) in [5, 5.41) is 10.7. The van der Waals surface area contributed by atoms with E-state index in [2.05, 4.69) is 52.3 Å². The minimum Gasteiger partial charge on any atom is -0.508 e. The maximum atomic E-state index is 10.7. The van der Waals surface area contributed by atoms with Crippen molar-refractivity contribution >= 4 is 32.9 Å². The van der Waals surface area contributed by atoms with Crippen molar-refractivity contribution in [2.45, 2.75) is 13.1 Å². The fraction of sp³-hybridized carbons (Fsp3) is 0.250. The standard InChI is InChI=1S/C28H28N2O2S3/c1-32-25-10-6-5-9-22(25)18-29-13-15-30(16-14-29)19-23-17-21(11-12-24(23)31)26-27(34-35-28(26)33)20-7-3-2-4-8-20/h2-12,17,31H,13-16,18-19H2,1H3. The van der Waals surface area contributed by atoms with Gasteiger partial charge >= 0.3 is 0 Å². The quantitative estimate of drug-likeness (QED) is 0.212. The highest BCUT2D eigenvalue weighted by molar-refractivity contribution is 7.80. The van der Waals surface area contributed by atoms with E-state index in [0.717, 1.165) is 65.5 Å². The van der Waals surface area contributed by atoms with Gasteiger partial charge in [-0.25, -0.2) is 0 Å². The molecule has 5 rings (SSSR count). The van der Waals surface area contributed by atoms with E-state index in [1.807, 2.05) is 30.3 Å². The van der Waals surface area contributed by atoms with Gasteiger partial charge in [-0.3, -0.25) is 9.80 Å². The number of ether oxygens (including phenoxy) is 1. The monoisotopic (exact) mass is 520 g/mol. The average molecular weight is 521 g/mol. The largest absolute Gasteiger partial charge is 0.508 e. The van der Waals surface area contributed by atoms with E-state index in [1.54, 1.807) is 27.8 Å². The Balaban J connectivity index is 1.29. The summed E-state index contributed by atoms with van der Waals surface area (Å²) in [6.45, 7) is 5.51. The topological polar surface area (TPSA) is 35.9 Å². The number of phenolic OH excluding ortho intramolecular Hbond substituents is 1. The molecule has 1 fully saturated rings. The summed E-state index contributed by atoms with van der Waals surface area (Å²) in [5.74, 6) is 1.29. The van der Waals surface area contributed by atoms with E-state index in [-0.39, 0.29) is 0 Å².